The van der Waals surface area contributed by atoms with E-state index < -0.39 is 11.7 Å². The quantitative estimate of drug-likeness (QED) is 0.666. The van der Waals surface area contributed by atoms with Gasteiger partial charge in [-0.25, -0.2) is 0 Å². The predicted octanol–water partition coefficient (Wildman–Crippen LogP) is 1.95. The third kappa shape index (κ3) is 2.69. The molecule has 21 heavy (non-hydrogen) atoms. The van der Waals surface area contributed by atoms with Gasteiger partial charge in [0.1, 0.15) is 0 Å². The summed E-state index contributed by atoms with van der Waals surface area (Å²) in [6.07, 6.45) is 1.97. The Morgan fingerprint density at radius 2 is 2.19 bits per heavy atom. The van der Waals surface area contributed by atoms with E-state index in [9.17, 15) is 9.59 Å². The summed E-state index contributed by atoms with van der Waals surface area (Å²) in [6, 6.07) is 7.49. The number of nitrogens with one attached hydrogen (secondary N) is 2. The average Bonchev–Trinajstić information content (AvgIpc) is 3.10. The summed E-state index contributed by atoms with van der Waals surface area (Å²) in [5, 5.41) is 3.46. The molecule has 0 spiro atoms. The first-order chi connectivity index (χ1) is 10.2. The normalized spacial score (nSPS) is 18.0. The number of aryl methyl sites for hydroxylation is 1. The van der Waals surface area contributed by atoms with E-state index in [1.54, 1.807) is 6.92 Å². The van der Waals surface area contributed by atoms with Gasteiger partial charge in [-0.05, 0) is 25.8 Å². The first-order valence-corrected chi connectivity index (χ1v) is 7.18. The van der Waals surface area contributed by atoms with Crippen LogP contribution in [0.15, 0.2) is 24.3 Å². The van der Waals surface area contributed by atoms with Crippen LogP contribution in [-0.4, -0.2) is 35.9 Å². The van der Waals surface area contributed by atoms with Gasteiger partial charge in [-0.2, -0.15) is 0 Å². The van der Waals surface area contributed by atoms with Crippen LogP contribution in [0.1, 0.15) is 28.9 Å². The molecule has 1 saturated heterocycles. The van der Waals surface area contributed by atoms with Crippen LogP contribution in [0.4, 0.5) is 0 Å². The van der Waals surface area contributed by atoms with Gasteiger partial charge in [0.2, 0.25) is 0 Å². The van der Waals surface area contributed by atoms with Crippen LogP contribution in [0.25, 0.3) is 10.9 Å². The van der Waals surface area contributed by atoms with Gasteiger partial charge in [0.25, 0.3) is 11.7 Å². The fourth-order valence-electron chi connectivity index (χ4n) is 2.77. The molecule has 2 heterocycles. The number of fused-ring (bicyclic) bond motifs is 1. The number of amides is 1. The first kappa shape index (κ1) is 13.8. The van der Waals surface area contributed by atoms with Gasteiger partial charge in [-0.1, -0.05) is 18.2 Å². The van der Waals surface area contributed by atoms with E-state index in [4.69, 9.17) is 4.74 Å². The molecule has 5 heteroatoms. The molecule has 2 N–H and O–H groups in total. The van der Waals surface area contributed by atoms with E-state index in [-0.39, 0.29) is 6.10 Å². The Morgan fingerprint density at radius 3 is 2.95 bits per heavy atom. The number of hydrogen-bond acceptors (Lipinski definition) is 3. The summed E-state index contributed by atoms with van der Waals surface area (Å²) in [5.41, 5.74) is 2.04. The topological polar surface area (TPSA) is 71.2 Å². The Balaban J connectivity index is 1.76. The highest BCUT2D eigenvalue weighted by molar-refractivity contribution is 6.45. The van der Waals surface area contributed by atoms with Crippen LogP contribution in [-0.2, 0) is 9.53 Å². The third-order valence-electron chi connectivity index (χ3n) is 3.84. The molecule has 1 amide bonds. The number of para-hydroxylation sites is 1. The van der Waals surface area contributed by atoms with Crippen molar-refractivity contribution in [3.05, 3.63) is 35.5 Å². The number of carbonyl (C=O) groups is 2. The minimum atomic E-state index is -0.571. The monoisotopic (exact) mass is 286 g/mol. The van der Waals surface area contributed by atoms with Crippen molar-refractivity contribution in [3.63, 3.8) is 0 Å². The van der Waals surface area contributed by atoms with E-state index in [0.29, 0.717) is 17.8 Å². The lowest BCUT2D eigenvalue weighted by Crippen LogP contribution is -2.36. The van der Waals surface area contributed by atoms with Crippen molar-refractivity contribution in [3.8, 4) is 0 Å². The zero-order chi connectivity index (χ0) is 14.8. The molecule has 2 aromatic rings. The van der Waals surface area contributed by atoms with Crippen LogP contribution in [0.2, 0.25) is 0 Å². The summed E-state index contributed by atoms with van der Waals surface area (Å²) in [6.45, 7) is 2.93. The molecule has 1 aromatic heterocycles. The summed E-state index contributed by atoms with van der Waals surface area (Å²) >= 11 is 0. The Labute approximate surface area is 122 Å². The van der Waals surface area contributed by atoms with Gasteiger partial charge in [0.05, 0.1) is 11.7 Å². The van der Waals surface area contributed by atoms with E-state index in [1.807, 2.05) is 24.3 Å². The zero-order valence-corrected chi connectivity index (χ0v) is 11.9. The minimum absolute atomic E-state index is 0.0332. The first-order valence-electron chi connectivity index (χ1n) is 7.18. The summed E-state index contributed by atoms with van der Waals surface area (Å²) in [4.78, 5) is 27.6. The van der Waals surface area contributed by atoms with E-state index in [0.717, 1.165) is 30.4 Å². The summed E-state index contributed by atoms with van der Waals surface area (Å²) < 4.78 is 5.44. The van der Waals surface area contributed by atoms with Crippen molar-refractivity contribution in [1.82, 2.24) is 10.3 Å². The number of H-pyrrole nitrogens is 1. The highest BCUT2D eigenvalue weighted by Crippen LogP contribution is 2.22. The number of ketones is 1. The molecule has 1 aromatic carbocycles. The van der Waals surface area contributed by atoms with Crippen molar-refractivity contribution < 1.29 is 14.3 Å². The number of aromatic nitrogens is 1. The molecule has 0 unspecified atom stereocenters. The number of aromatic amines is 1. The molecule has 0 saturated carbocycles. The maximum Gasteiger partial charge on any atom is 0.292 e. The Kier molecular flexibility index (Phi) is 3.75. The van der Waals surface area contributed by atoms with Crippen LogP contribution >= 0.6 is 0 Å². The molecule has 0 aliphatic carbocycles. The second-order valence-electron chi connectivity index (χ2n) is 5.34. The van der Waals surface area contributed by atoms with Crippen LogP contribution in [0.3, 0.4) is 0 Å². The Bertz CT molecular complexity index is 684. The van der Waals surface area contributed by atoms with Crippen molar-refractivity contribution >= 4 is 22.6 Å². The van der Waals surface area contributed by atoms with E-state index in [2.05, 4.69) is 10.3 Å². The number of Topliss-reactive ketones (excluding diaryl/α,β-unsaturated/α-hetero) is 1. The standard InChI is InChI=1S/C16H18N2O3/c1-10-14(12-6-2-3-7-13(12)18-10)15(19)16(20)17-9-11-5-4-8-21-11/h2-3,6-7,11,18H,4-5,8-9H2,1H3,(H,17,20)/t11-/m0/s1. The number of ether oxygens (including phenoxy) is 1. The molecular formula is C16H18N2O3. The second-order valence-corrected chi connectivity index (χ2v) is 5.34. The fourth-order valence-corrected chi connectivity index (χ4v) is 2.77. The average molecular weight is 286 g/mol. The van der Waals surface area contributed by atoms with Gasteiger partial charge in [-0.3, -0.25) is 9.59 Å². The van der Waals surface area contributed by atoms with Gasteiger partial charge in [0, 0.05) is 29.7 Å². The molecule has 0 bridgehead atoms. The molecule has 0 radical (unpaired) electrons. The summed E-state index contributed by atoms with van der Waals surface area (Å²) in [7, 11) is 0. The van der Waals surface area contributed by atoms with Gasteiger partial charge >= 0.3 is 0 Å². The van der Waals surface area contributed by atoms with Crippen LogP contribution in [0.5, 0.6) is 0 Å². The molecule has 1 atom stereocenters. The Hall–Kier alpha value is -2.14. The summed E-state index contributed by atoms with van der Waals surface area (Å²) in [5.74, 6) is -1.07. The van der Waals surface area contributed by atoms with Crippen LogP contribution in [0, 0.1) is 6.92 Å². The number of hydrogen-bond donors (Lipinski definition) is 2. The number of carbonyl (C=O) groups excluding carboxylic acids is 2. The molecule has 1 fully saturated rings. The molecule has 3 rings (SSSR count). The van der Waals surface area contributed by atoms with Crippen LogP contribution < -0.4 is 5.32 Å². The molecule has 1 aliphatic heterocycles. The molecule has 5 nitrogen and oxygen atoms in total. The lowest BCUT2D eigenvalue weighted by molar-refractivity contribution is -0.117. The van der Waals surface area contributed by atoms with Crippen molar-refractivity contribution in [2.75, 3.05) is 13.2 Å². The fraction of sp³-hybridized carbons (Fsp3) is 0.375. The second kappa shape index (κ2) is 5.69. The molecule has 110 valence electrons. The highest BCUT2D eigenvalue weighted by atomic mass is 16.5. The molecule has 1 aliphatic rings. The maximum absolute atomic E-state index is 12.4. The Morgan fingerprint density at radius 1 is 1.38 bits per heavy atom. The highest BCUT2D eigenvalue weighted by Gasteiger charge is 2.24. The van der Waals surface area contributed by atoms with Crippen molar-refractivity contribution in [2.45, 2.75) is 25.9 Å². The van der Waals surface area contributed by atoms with Crippen molar-refractivity contribution in [1.29, 1.82) is 0 Å². The lowest BCUT2D eigenvalue weighted by atomic mass is 10.1. The van der Waals surface area contributed by atoms with Gasteiger partial charge < -0.3 is 15.0 Å². The van der Waals surface area contributed by atoms with Crippen molar-refractivity contribution in [2.24, 2.45) is 0 Å². The SMILES string of the molecule is Cc1[nH]c2ccccc2c1C(=O)C(=O)NC[C@@H]1CCCO1. The third-order valence-corrected chi connectivity index (χ3v) is 3.84. The van der Waals surface area contributed by atoms with E-state index in [1.165, 1.54) is 0 Å². The number of rotatable bonds is 4. The predicted molar refractivity (Wildman–Crippen MR) is 79.3 cm³/mol. The van der Waals surface area contributed by atoms with Gasteiger partial charge in [-0.15, -0.1) is 0 Å². The van der Waals surface area contributed by atoms with E-state index >= 15 is 0 Å². The largest absolute Gasteiger partial charge is 0.376 e. The minimum Gasteiger partial charge on any atom is -0.376 e. The lowest BCUT2D eigenvalue weighted by Gasteiger charge is -2.10. The maximum atomic E-state index is 12.4. The number of benzene rings is 1. The molecular weight excluding hydrogens is 268 g/mol. The zero-order valence-electron chi connectivity index (χ0n) is 11.9. The van der Waals surface area contributed by atoms with Gasteiger partial charge in [0.15, 0.2) is 0 Å². The smallest absolute Gasteiger partial charge is 0.292 e.